The van der Waals surface area contributed by atoms with Crippen LogP contribution in [0.5, 0.6) is 0 Å². The minimum Gasteiger partial charge on any atom is -0.321 e. The standard InChI is InChI=1S/C18H15N3O3/c1-11(22)12-6-5-7-13(10-12)19-17(23)16-14-8-3-4-9-15(14)18(24)21(2)20-16/h3-10H,1-2H3,(H,19,23). The number of benzene rings is 2. The summed E-state index contributed by atoms with van der Waals surface area (Å²) in [7, 11) is 1.50. The summed E-state index contributed by atoms with van der Waals surface area (Å²) in [4.78, 5) is 36.2. The molecule has 0 fully saturated rings. The number of nitrogens with one attached hydrogen (secondary N) is 1. The van der Waals surface area contributed by atoms with E-state index < -0.39 is 5.91 Å². The first-order chi connectivity index (χ1) is 11.5. The Bertz CT molecular complexity index is 1020. The summed E-state index contributed by atoms with van der Waals surface area (Å²) >= 11 is 0. The third kappa shape index (κ3) is 2.81. The van der Waals surface area contributed by atoms with Crippen LogP contribution in [-0.4, -0.2) is 21.5 Å². The number of rotatable bonds is 3. The van der Waals surface area contributed by atoms with Crippen LogP contribution in [0, 0.1) is 0 Å². The lowest BCUT2D eigenvalue weighted by Gasteiger charge is -2.09. The lowest BCUT2D eigenvalue weighted by atomic mass is 10.1. The van der Waals surface area contributed by atoms with Gasteiger partial charge in [-0.3, -0.25) is 14.4 Å². The third-order valence-electron chi connectivity index (χ3n) is 3.70. The van der Waals surface area contributed by atoms with E-state index >= 15 is 0 Å². The molecule has 0 aliphatic rings. The van der Waals surface area contributed by atoms with Gasteiger partial charge < -0.3 is 5.32 Å². The highest BCUT2D eigenvalue weighted by Gasteiger charge is 2.16. The van der Waals surface area contributed by atoms with Gasteiger partial charge in [0.05, 0.1) is 5.39 Å². The highest BCUT2D eigenvalue weighted by atomic mass is 16.2. The Hall–Kier alpha value is -3.28. The zero-order chi connectivity index (χ0) is 17.3. The molecule has 0 spiro atoms. The first-order valence-electron chi connectivity index (χ1n) is 7.36. The van der Waals surface area contributed by atoms with E-state index in [1.165, 1.54) is 14.0 Å². The molecule has 0 unspecified atom stereocenters. The average Bonchev–Trinajstić information content (AvgIpc) is 2.58. The van der Waals surface area contributed by atoms with Gasteiger partial charge in [-0.2, -0.15) is 5.10 Å². The molecule has 1 heterocycles. The van der Waals surface area contributed by atoms with E-state index in [0.29, 0.717) is 22.0 Å². The molecule has 120 valence electrons. The van der Waals surface area contributed by atoms with E-state index in [4.69, 9.17) is 0 Å². The number of carbonyl (C=O) groups excluding carboxylic acids is 2. The van der Waals surface area contributed by atoms with E-state index in [9.17, 15) is 14.4 Å². The van der Waals surface area contributed by atoms with Crippen LogP contribution in [0.3, 0.4) is 0 Å². The molecule has 0 bridgehead atoms. The van der Waals surface area contributed by atoms with Crippen LogP contribution in [0.25, 0.3) is 10.8 Å². The van der Waals surface area contributed by atoms with Crippen molar-refractivity contribution in [2.24, 2.45) is 7.05 Å². The van der Waals surface area contributed by atoms with Crippen LogP contribution < -0.4 is 10.9 Å². The van der Waals surface area contributed by atoms with Crippen molar-refractivity contribution in [2.75, 3.05) is 5.32 Å². The lowest BCUT2D eigenvalue weighted by molar-refractivity contribution is 0.100. The minimum absolute atomic E-state index is 0.0863. The monoisotopic (exact) mass is 321 g/mol. The summed E-state index contributed by atoms with van der Waals surface area (Å²) in [5.74, 6) is -0.528. The molecule has 0 aliphatic carbocycles. The van der Waals surface area contributed by atoms with Crippen molar-refractivity contribution in [1.82, 2.24) is 9.78 Å². The molecule has 0 saturated carbocycles. The van der Waals surface area contributed by atoms with Gasteiger partial charge in [0.15, 0.2) is 11.5 Å². The zero-order valence-electron chi connectivity index (χ0n) is 13.2. The van der Waals surface area contributed by atoms with Gasteiger partial charge in [-0.25, -0.2) is 4.68 Å². The number of fused-ring (bicyclic) bond motifs is 1. The largest absolute Gasteiger partial charge is 0.321 e. The van der Waals surface area contributed by atoms with Crippen molar-refractivity contribution in [3.05, 3.63) is 70.1 Å². The van der Waals surface area contributed by atoms with Gasteiger partial charge in [-0.15, -0.1) is 0 Å². The zero-order valence-corrected chi connectivity index (χ0v) is 13.2. The minimum atomic E-state index is -0.442. The molecule has 0 atom stereocenters. The van der Waals surface area contributed by atoms with Crippen molar-refractivity contribution in [3.8, 4) is 0 Å². The lowest BCUT2D eigenvalue weighted by Crippen LogP contribution is -2.25. The number of aryl methyl sites for hydroxylation is 1. The maximum absolute atomic E-state index is 12.6. The van der Waals surface area contributed by atoms with Crippen LogP contribution in [-0.2, 0) is 7.05 Å². The highest BCUT2D eigenvalue weighted by Crippen LogP contribution is 2.16. The molecule has 24 heavy (non-hydrogen) atoms. The summed E-state index contributed by atoms with van der Waals surface area (Å²) in [6, 6.07) is 13.5. The van der Waals surface area contributed by atoms with Gasteiger partial charge in [0.2, 0.25) is 0 Å². The number of hydrogen-bond acceptors (Lipinski definition) is 4. The van der Waals surface area contributed by atoms with Gasteiger partial charge in [0, 0.05) is 23.7 Å². The molecule has 1 N–H and O–H groups in total. The van der Waals surface area contributed by atoms with Crippen LogP contribution >= 0.6 is 0 Å². The van der Waals surface area contributed by atoms with Crippen molar-refractivity contribution >= 4 is 28.2 Å². The predicted octanol–water partition coefficient (Wildman–Crippen LogP) is 2.39. The fraction of sp³-hybridized carbons (Fsp3) is 0.111. The van der Waals surface area contributed by atoms with Gasteiger partial charge in [0.1, 0.15) is 0 Å². The number of hydrogen-bond donors (Lipinski definition) is 1. The van der Waals surface area contributed by atoms with Crippen LogP contribution in [0.4, 0.5) is 5.69 Å². The molecule has 0 radical (unpaired) electrons. The smallest absolute Gasteiger partial charge is 0.276 e. The number of carbonyl (C=O) groups is 2. The quantitative estimate of drug-likeness (QED) is 0.751. The predicted molar refractivity (Wildman–Crippen MR) is 91.4 cm³/mol. The number of ketones is 1. The SMILES string of the molecule is CC(=O)c1cccc(NC(=O)c2nn(C)c(=O)c3ccccc23)c1. The van der Waals surface area contributed by atoms with E-state index in [1.54, 1.807) is 48.5 Å². The fourth-order valence-corrected chi connectivity index (χ4v) is 2.47. The molecule has 6 nitrogen and oxygen atoms in total. The third-order valence-corrected chi connectivity index (χ3v) is 3.70. The van der Waals surface area contributed by atoms with E-state index in [1.807, 2.05) is 0 Å². The molecular formula is C18H15N3O3. The first-order valence-corrected chi connectivity index (χ1v) is 7.36. The normalized spacial score (nSPS) is 10.6. The summed E-state index contributed by atoms with van der Waals surface area (Å²) in [5.41, 5.74) is 0.889. The summed E-state index contributed by atoms with van der Waals surface area (Å²) in [5, 5.41) is 7.72. The maximum atomic E-state index is 12.6. The van der Waals surface area contributed by atoms with Crippen molar-refractivity contribution < 1.29 is 9.59 Å². The first kappa shape index (κ1) is 15.6. The molecule has 2 aromatic carbocycles. The molecule has 1 aromatic heterocycles. The van der Waals surface area contributed by atoms with Crippen LogP contribution in [0.2, 0.25) is 0 Å². The summed E-state index contributed by atoms with van der Waals surface area (Å²) < 4.78 is 1.14. The second kappa shape index (κ2) is 6.08. The number of amides is 1. The molecule has 3 rings (SSSR count). The van der Waals surface area contributed by atoms with E-state index in [2.05, 4.69) is 10.4 Å². The number of anilines is 1. The number of nitrogens with zero attached hydrogens (tertiary/aromatic N) is 2. The highest BCUT2D eigenvalue weighted by molar-refractivity contribution is 6.11. The Kier molecular flexibility index (Phi) is 3.95. The summed E-state index contributed by atoms with van der Waals surface area (Å²) in [6.45, 7) is 1.46. The number of aromatic nitrogens is 2. The topological polar surface area (TPSA) is 81.1 Å². The maximum Gasteiger partial charge on any atom is 0.276 e. The van der Waals surface area contributed by atoms with Gasteiger partial charge in [-0.1, -0.05) is 30.3 Å². The Labute approximate surface area is 137 Å². The Morgan fingerprint density at radius 3 is 2.46 bits per heavy atom. The van der Waals surface area contributed by atoms with Crippen molar-refractivity contribution in [2.45, 2.75) is 6.92 Å². The van der Waals surface area contributed by atoms with E-state index in [0.717, 1.165) is 4.68 Å². The fourth-order valence-electron chi connectivity index (χ4n) is 2.47. The Balaban J connectivity index is 2.04. The molecule has 0 aliphatic heterocycles. The number of Topliss-reactive ketones (excluding diaryl/α,β-unsaturated/α-hetero) is 1. The van der Waals surface area contributed by atoms with Crippen LogP contribution in [0.15, 0.2) is 53.3 Å². The Morgan fingerprint density at radius 2 is 1.75 bits per heavy atom. The Morgan fingerprint density at radius 1 is 1.04 bits per heavy atom. The van der Waals surface area contributed by atoms with E-state index in [-0.39, 0.29) is 17.0 Å². The molecular weight excluding hydrogens is 306 g/mol. The summed E-state index contributed by atoms with van der Waals surface area (Å²) in [6.07, 6.45) is 0. The van der Waals surface area contributed by atoms with Crippen molar-refractivity contribution in [1.29, 1.82) is 0 Å². The van der Waals surface area contributed by atoms with Gasteiger partial charge >= 0.3 is 0 Å². The van der Waals surface area contributed by atoms with Crippen molar-refractivity contribution in [3.63, 3.8) is 0 Å². The second-order valence-electron chi connectivity index (χ2n) is 5.41. The average molecular weight is 321 g/mol. The molecule has 1 amide bonds. The molecule has 3 aromatic rings. The van der Waals surface area contributed by atoms with Gasteiger partial charge in [0.25, 0.3) is 11.5 Å². The molecule has 0 saturated heterocycles. The molecule has 6 heteroatoms. The van der Waals surface area contributed by atoms with Crippen LogP contribution in [0.1, 0.15) is 27.8 Å². The second-order valence-corrected chi connectivity index (χ2v) is 5.41. The van der Waals surface area contributed by atoms with Gasteiger partial charge in [-0.05, 0) is 25.1 Å².